The van der Waals surface area contributed by atoms with Gasteiger partial charge in [-0.3, -0.25) is 0 Å². The first-order chi connectivity index (χ1) is 4.83. The topological polar surface area (TPSA) is 51.2 Å². The number of aldehydes is 1. The van der Waals surface area contributed by atoms with Crippen LogP contribution in [-0.4, -0.2) is 6.29 Å². The molecule has 5 heteroatoms. The van der Waals surface area contributed by atoms with Crippen molar-refractivity contribution in [2.75, 3.05) is 0 Å². The van der Waals surface area contributed by atoms with Crippen LogP contribution in [0.25, 0.3) is 0 Å². The average molecular weight is 490 g/mol. The van der Waals surface area contributed by atoms with Crippen molar-refractivity contribution in [1.29, 1.82) is 0 Å². The molecule has 0 aliphatic heterocycles. The van der Waals surface area contributed by atoms with Crippen molar-refractivity contribution in [3.05, 3.63) is 0 Å². The molecule has 0 aromatic carbocycles. The number of unbranched alkanes of at least 4 members (excludes halogenated alkanes) is 2. The van der Waals surface area contributed by atoms with E-state index in [2.05, 4.69) is 0 Å². The fraction of sp³-hybridized carbons (Fsp3) is 0.800. The van der Waals surface area contributed by atoms with Gasteiger partial charge in [-0.05, 0) is 0 Å². The van der Waals surface area contributed by atoms with Crippen molar-refractivity contribution in [2.24, 2.45) is 0 Å². The zero-order valence-corrected chi connectivity index (χ0v) is 11.0. The van der Waals surface area contributed by atoms with Crippen LogP contribution in [0.1, 0.15) is 19.3 Å². The predicted octanol–water partition coefficient (Wildman–Crippen LogP) is 1.08. The summed E-state index contributed by atoms with van der Waals surface area (Å²) in [5.74, 6) is 0. The van der Waals surface area contributed by atoms with Crippen LogP contribution < -0.4 is 0 Å². The van der Waals surface area contributed by atoms with E-state index in [1.165, 1.54) is 32.1 Å². The molecule has 0 N–H and O–H groups in total. The molecule has 0 aromatic rings. The fourth-order valence-electron chi connectivity index (χ4n) is 0.339. The number of hydrogen-bond donors (Lipinski definition) is 0. The summed E-state index contributed by atoms with van der Waals surface area (Å²) in [6.45, 7) is 0. The van der Waals surface area contributed by atoms with E-state index >= 15 is 0 Å². The molecule has 0 heterocycles. The molecule has 0 aliphatic carbocycles. The molecular formula is C5H9IrO3Ta. The minimum atomic E-state index is -2.00. The fourth-order valence-corrected chi connectivity index (χ4v) is 1.14. The quantitative estimate of drug-likeness (QED) is 0.438. The molecule has 3 nitrogen and oxygen atoms in total. The van der Waals surface area contributed by atoms with Gasteiger partial charge in [0.2, 0.25) is 0 Å². The number of hydrogen-bond acceptors (Lipinski definition) is 3. The van der Waals surface area contributed by atoms with E-state index in [0.29, 0.717) is 0 Å². The Hall–Kier alpha value is 0.660. The van der Waals surface area contributed by atoms with Crippen molar-refractivity contribution in [2.45, 2.75) is 23.9 Å². The normalized spacial score (nSPS) is 7.60. The summed E-state index contributed by atoms with van der Waals surface area (Å²) >= 11 is -0.542. The van der Waals surface area contributed by atoms with Crippen molar-refractivity contribution < 1.29 is 50.5 Å². The van der Waals surface area contributed by atoms with E-state index in [-0.39, 0.29) is 0 Å². The third kappa shape index (κ3) is 23.4. The molecule has 0 aliphatic rings. The maximum absolute atomic E-state index is 9.69. The van der Waals surface area contributed by atoms with Crippen LogP contribution in [0, 0.1) is 0 Å². The summed E-state index contributed by atoms with van der Waals surface area (Å²) in [6, 6.07) is 0. The SMILES string of the molecule is O=CCCC[CH2][Ta].[O]=[Ir]=[O]. The van der Waals surface area contributed by atoms with Gasteiger partial charge in [0.1, 0.15) is 0 Å². The van der Waals surface area contributed by atoms with Gasteiger partial charge in [-0.2, -0.15) is 0 Å². The zero-order chi connectivity index (χ0) is 8.24. The van der Waals surface area contributed by atoms with Crippen LogP contribution in [0.15, 0.2) is 0 Å². The van der Waals surface area contributed by atoms with Gasteiger partial charge in [0.05, 0.1) is 0 Å². The van der Waals surface area contributed by atoms with Crippen molar-refractivity contribution in [1.82, 2.24) is 0 Å². The van der Waals surface area contributed by atoms with Gasteiger partial charge >= 0.3 is 80.7 Å². The number of rotatable bonds is 4. The van der Waals surface area contributed by atoms with Gasteiger partial charge < -0.3 is 0 Å². The second-order valence-corrected chi connectivity index (χ2v) is 3.45. The summed E-state index contributed by atoms with van der Waals surface area (Å²) < 4.78 is 18.3. The van der Waals surface area contributed by atoms with E-state index in [4.69, 9.17) is 7.01 Å². The van der Waals surface area contributed by atoms with Gasteiger partial charge in [0.25, 0.3) is 0 Å². The second kappa shape index (κ2) is 16.3. The molecule has 0 fully saturated rings. The number of carbonyl (C=O) groups is 1. The molecule has 10 heavy (non-hydrogen) atoms. The van der Waals surface area contributed by atoms with Crippen LogP contribution in [0.5, 0.6) is 0 Å². The van der Waals surface area contributed by atoms with Gasteiger partial charge in [0.15, 0.2) is 0 Å². The predicted molar refractivity (Wildman–Crippen MR) is 26.1 cm³/mol. The van der Waals surface area contributed by atoms with Crippen LogP contribution >= 0.6 is 0 Å². The van der Waals surface area contributed by atoms with E-state index in [1.807, 2.05) is 0 Å². The first-order valence-corrected chi connectivity index (χ1v) is 6.96. The van der Waals surface area contributed by atoms with Gasteiger partial charge in [-0.15, -0.1) is 0 Å². The molecule has 0 atom stereocenters. The van der Waals surface area contributed by atoms with E-state index in [0.717, 1.165) is 19.1 Å². The van der Waals surface area contributed by atoms with Crippen LogP contribution in [-0.2, 0) is 50.5 Å². The molecular weight excluding hydrogens is 481 g/mol. The Balaban J connectivity index is 0. The Morgan fingerprint density at radius 3 is 2.10 bits per heavy atom. The standard InChI is InChI=1S/C5H9O.Ir.2O.Ta/c1-2-3-4-5-6;;;;/h5H,1-4H2;;;;. The van der Waals surface area contributed by atoms with Crippen molar-refractivity contribution in [3.8, 4) is 0 Å². The van der Waals surface area contributed by atoms with E-state index in [1.54, 1.807) is 0 Å². The second-order valence-electron chi connectivity index (χ2n) is 1.44. The first kappa shape index (κ1) is 13.3. The van der Waals surface area contributed by atoms with Crippen LogP contribution in [0.2, 0.25) is 4.64 Å². The zero-order valence-electron chi connectivity index (χ0n) is 5.41. The molecule has 0 spiro atoms. The van der Waals surface area contributed by atoms with Crippen molar-refractivity contribution >= 4 is 6.29 Å². The molecule has 0 aromatic heterocycles. The Labute approximate surface area is 80.4 Å². The first-order valence-electron chi connectivity index (χ1n) is 2.73. The van der Waals surface area contributed by atoms with E-state index in [9.17, 15) is 4.79 Å². The summed E-state index contributed by atoms with van der Waals surface area (Å²) in [4.78, 5) is 9.69. The Morgan fingerprint density at radius 2 is 1.80 bits per heavy atom. The summed E-state index contributed by atoms with van der Waals surface area (Å²) in [5.41, 5.74) is 0. The molecule has 0 unspecified atom stereocenters. The Kier molecular flexibility index (Phi) is 21.7. The molecule has 0 radical (unpaired) electrons. The molecule has 0 saturated carbocycles. The number of carbonyl (C=O) groups excluding carboxylic acids is 1. The van der Waals surface area contributed by atoms with Crippen LogP contribution in [0.4, 0.5) is 0 Å². The molecule has 0 saturated heterocycles. The summed E-state index contributed by atoms with van der Waals surface area (Å²) in [5, 5.41) is 0. The third-order valence-electron chi connectivity index (χ3n) is 0.730. The Bertz CT molecular complexity index is 101. The minimum absolute atomic E-state index is 0.762. The Morgan fingerprint density at radius 1 is 1.30 bits per heavy atom. The molecule has 0 amide bonds. The monoisotopic (exact) mass is 491 g/mol. The molecule has 61 valence electrons. The third-order valence-corrected chi connectivity index (χ3v) is 1.87. The summed E-state index contributed by atoms with van der Waals surface area (Å²) in [7, 11) is 0. The maximum atomic E-state index is 9.69. The average Bonchev–Trinajstić information content (AvgIpc) is 1.91. The van der Waals surface area contributed by atoms with Gasteiger partial charge in [0, 0.05) is 0 Å². The van der Waals surface area contributed by atoms with E-state index < -0.39 is 17.6 Å². The van der Waals surface area contributed by atoms with Gasteiger partial charge in [-0.1, -0.05) is 0 Å². The molecule has 0 rings (SSSR count). The van der Waals surface area contributed by atoms with Gasteiger partial charge in [-0.25, -0.2) is 0 Å². The van der Waals surface area contributed by atoms with Crippen LogP contribution in [0.3, 0.4) is 0 Å². The van der Waals surface area contributed by atoms with Crippen molar-refractivity contribution in [3.63, 3.8) is 0 Å². The molecule has 0 bridgehead atoms. The summed E-state index contributed by atoms with van der Waals surface area (Å²) in [6.07, 6.45) is 4.10.